The fourth-order valence-corrected chi connectivity index (χ4v) is 1.22. The topological polar surface area (TPSA) is 41.8 Å². The molecule has 0 fully saturated rings. The number of rotatable bonds is 0. The van der Waals surface area contributed by atoms with Gasteiger partial charge in [0.15, 0.2) is 0 Å². The first-order valence-corrected chi connectivity index (χ1v) is 7.24. The molecule has 1 heterocycles. The van der Waals surface area contributed by atoms with Crippen LogP contribution < -0.4 is 5.96 Å². The fourth-order valence-electron chi connectivity index (χ4n) is 1.22. The van der Waals surface area contributed by atoms with E-state index in [1.807, 2.05) is 19.9 Å². The van der Waals surface area contributed by atoms with E-state index in [0.717, 1.165) is 0 Å². The van der Waals surface area contributed by atoms with Gasteiger partial charge in [0.1, 0.15) is 0 Å². The van der Waals surface area contributed by atoms with Crippen molar-refractivity contribution in [3.63, 3.8) is 0 Å². The molecule has 0 bridgehead atoms. The lowest BCUT2D eigenvalue weighted by Gasteiger charge is -1.94. The van der Waals surface area contributed by atoms with Gasteiger partial charge in [0.2, 0.25) is 0 Å². The average molecular weight is 457 g/mol. The van der Waals surface area contributed by atoms with Crippen LogP contribution in [0.5, 0.6) is 0 Å². The molecule has 0 aliphatic heterocycles. The number of aromatic nitrogens is 1. The second-order valence-electron chi connectivity index (χ2n) is 4.02. The van der Waals surface area contributed by atoms with E-state index in [9.17, 15) is 51.8 Å². The van der Waals surface area contributed by atoms with E-state index in [1.165, 1.54) is 16.6 Å². The normalized spacial score (nSPS) is 10.2. The van der Waals surface area contributed by atoms with Crippen molar-refractivity contribution in [3.8, 4) is 0 Å². The molecule has 3 N–H and O–H groups in total. The number of para-hydroxylation sites is 1. The molecule has 0 spiro atoms. The highest BCUT2D eigenvalue weighted by Gasteiger charge is 2.21. The lowest BCUT2D eigenvalue weighted by atomic mass is 10.2. The van der Waals surface area contributed by atoms with Gasteiger partial charge in [-0.25, -0.2) is 0 Å². The highest BCUT2D eigenvalue weighted by atomic mass is 19.5. The Labute approximate surface area is 157 Å². The molecule has 0 radical (unpaired) electrons. The molecule has 2 nitrogen and oxygen atoms in total. The number of benzene rings is 1. The van der Waals surface area contributed by atoms with Crippen LogP contribution in [0.3, 0.4) is 0 Å². The van der Waals surface area contributed by atoms with E-state index in [1.54, 1.807) is 0 Å². The van der Waals surface area contributed by atoms with E-state index in [2.05, 4.69) is 42.1 Å². The van der Waals surface area contributed by atoms with Gasteiger partial charge >= 0.3 is 21.8 Å². The summed E-state index contributed by atoms with van der Waals surface area (Å²) in [5.74, 6) is 3.00. The average Bonchev–Trinajstić information content (AvgIpc) is 2.86. The van der Waals surface area contributed by atoms with Gasteiger partial charge in [-0.15, -0.1) is 4.48 Å². The molecule has 0 saturated carbocycles. The summed E-state index contributed by atoms with van der Waals surface area (Å²) in [6.07, 6.45) is 0. The quantitative estimate of drug-likeness (QED) is 0.245. The Balaban J connectivity index is -0.000000144. The predicted molar refractivity (Wildman–Crippen MR) is 90.2 cm³/mol. The monoisotopic (exact) mass is 457 g/mol. The molecule has 2 rings (SSSR count). The van der Waals surface area contributed by atoms with Crippen LogP contribution in [0.2, 0.25) is 0 Å². The molecule has 1 aromatic carbocycles. The summed E-state index contributed by atoms with van der Waals surface area (Å²) in [5, 5.41) is 1.29. The smallest absolute Gasteiger partial charge is 0.418 e. The van der Waals surface area contributed by atoms with Crippen LogP contribution in [0.25, 0.3) is 10.9 Å². The predicted octanol–water partition coefficient (Wildman–Crippen LogP) is 7.23. The summed E-state index contributed by atoms with van der Waals surface area (Å²) in [5.41, 5.74) is 2.45. The minimum Gasteiger partial charge on any atom is -0.418 e. The minimum absolute atomic E-state index is 1.22. The Morgan fingerprint density at radius 1 is 0.655 bits per heavy atom. The maximum atomic E-state index is 9.75. The van der Waals surface area contributed by atoms with Crippen molar-refractivity contribution in [1.29, 1.82) is 0 Å². The van der Waals surface area contributed by atoms with Crippen LogP contribution in [0.1, 0.15) is 19.5 Å². The highest BCUT2D eigenvalue weighted by Crippen LogP contribution is 2.13. The summed E-state index contributed by atoms with van der Waals surface area (Å²) in [7, 11) is -18.0. The number of H-pyrrole nitrogens is 1. The van der Waals surface area contributed by atoms with E-state index >= 15 is 0 Å². The number of halogens is 13. The summed E-state index contributed by atoms with van der Waals surface area (Å²) >= 11 is 0. The molecule has 0 unspecified atom stereocenters. The first-order valence-electron chi connectivity index (χ1n) is 7.24. The zero-order chi connectivity index (χ0) is 24.5. The number of nitrogens with one attached hydrogen (secondary N) is 1. The Morgan fingerprint density at radius 3 is 1.21 bits per heavy atom. The standard InChI is InChI=1S/C9H9N.C2H6.3BF4.FH2N/c1-7-6-8-4-2-3-5-9(8)10-7;1-2;3*2-1(3,4)5;1-2/h2-6,10H,1H3;1-2H3;;;;2H2/q;;3*-1;. The van der Waals surface area contributed by atoms with Gasteiger partial charge in [-0.2, -0.15) is 5.96 Å². The molecule has 0 saturated heterocycles. The zero-order valence-electron chi connectivity index (χ0n) is 15.1. The largest absolute Gasteiger partial charge is 0.673 e. The first kappa shape index (κ1) is 34.5. The molecule has 2 aromatic rings. The number of aromatic amines is 1. The van der Waals surface area contributed by atoms with Crippen molar-refractivity contribution in [3.05, 3.63) is 36.0 Å². The molecular formula is C11H17B3F13N2-3. The van der Waals surface area contributed by atoms with Crippen LogP contribution >= 0.6 is 0 Å². The lowest BCUT2D eigenvalue weighted by molar-refractivity contribution is 0.366. The van der Waals surface area contributed by atoms with Crippen LogP contribution in [0.4, 0.5) is 56.3 Å². The third-order valence-corrected chi connectivity index (χ3v) is 1.66. The Bertz CT molecular complexity index is 531. The van der Waals surface area contributed by atoms with Gasteiger partial charge in [0.25, 0.3) is 0 Å². The zero-order valence-corrected chi connectivity index (χ0v) is 15.1. The summed E-state index contributed by atoms with van der Waals surface area (Å²) in [6, 6.07) is 10.4. The van der Waals surface area contributed by atoms with Gasteiger partial charge in [-0.3, -0.25) is 0 Å². The number of hydrogen-bond donors (Lipinski definition) is 2. The van der Waals surface area contributed by atoms with E-state index < -0.39 is 21.8 Å². The van der Waals surface area contributed by atoms with Crippen LogP contribution in [-0.2, 0) is 0 Å². The molecule has 0 atom stereocenters. The summed E-state index contributed by atoms with van der Waals surface area (Å²) in [6.45, 7) is 6.07. The maximum Gasteiger partial charge on any atom is 0.673 e. The summed E-state index contributed by atoms with van der Waals surface area (Å²) in [4.78, 5) is 3.26. The van der Waals surface area contributed by atoms with Crippen molar-refractivity contribution >= 4 is 32.7 Å². The van der Waals surface area contributed by atoms with Crippen molar-refractivity contribution in [2.24, 2.45) is 5.96 Å². The molecule has 0 aliphatic carbocycles. The SMILES string of the molecule is CC.Cc1cc2ccccc2[nH]1.F[B-](F)(F)F.F[B-](F)(F)F.F[B-](F)(F)F.NF. The molecule has 18 heteroatoms. The van der Waals surface area contributed by atoms with Gasteiger partial charge in [0.05, 0.1) is 0 Å². The van der Waals surface area contributed by atoms with Crippen LogP contribution in [-0.4, -0.2) is 26.7 Å². The second kappa shape index (κ2) is 16.9. The Hall–Kier alpha value is -2.00. The number of nitrogens with two attached hydrogens (primary N) is 1. The molecular weight excluding hydrogens is 440 g/mol. The molecule has 0 amide bonds. The number of hydrogen-bond acceptors (Lipinski definition) is 1. The van der Waals surface area contributed by atoms with E-state index in [-0.39, 0.29) is 0 Å². The fraction of sp³-hybridized carbons (Fsp3) is 0.273. The van der Waals surface area contributed by atoms with Crippen molar-refractivity contribution in [2.75, 3.05) is 0 Å². The highest BCUT2D eigenvalue weighted by molar-refractivity contribution is 6.50. The van der Waals surface area contributed by atoms with Crippen molar-refractivity contribution in [1.82, 2.24) is 4.98 Å². The third-order valence-electron chi connectivity index (χ3n) is 1.66. The molecule has 0 aliphatic rings. The number of aryl methyl sites for hydroxylation is 1. The Morgan fingerprint density at radius 2 is 0.931 bits per heavy atom. The van der Waals surface area contributed by atoms with Crippen LogP contribution in [0.15, 0.2) is 30.3 Å². The van der Waals surface area contributed by atoms with Crippen LogP contribution in [0, 0.1) is 6.92 Å². The van der Waals surface area contributed by atoms with Gasteiger partial charge in [-0.05, 0) is 24.4 Å². The van der Waals surface area contributed by atoms with Gasteiger partial charge in [0, 0.05) is 11.2 Å². The van der Waals surface area contributed by atoms with E-state index in [4.69, 9.17) is 4.48 Å². The lowest BCUT2D eigenvalue weighted by Crippen LogP contribution is -2.02. The van der Waals surface area contributed by atoms with Gasteiger partial charge < -0.3 is 56.8 Å². The molecule has 29 heavy (non-hydrogen) atoms. The van der Waals surface area contributed by atoms with Crippen molar-refractivity contribution < 1.29 is 56.3 Å². The minimum atomic E-state index is -6.00. The first-order chi connectivity index (χ1) is 12.9. The summed E-state index contributed by atoms with van der Waals surface area (Å²) < 4.78 is 126. The number of fused-ring (bicyclic) bond motifs is 1. The third kappa shape index (κ3) is 51.8. The molecule has 174 valence electrons. The van der Waals surface area contributed by atoms with Gasteiger partial charge in [-0.1, -0.05) is 32.0 Å². The van der Waals surface area contributed by atoms with E-state index in [0.29, 0.717) is 0 Å². The Kier molecular flexibility index (Phi) is 20.1. The maximum absolute atomic E-state index is 9.75. The molecule has 1 aromatic heterocycles. The second-order valence-corrected chi connectivity index (χ2v) is 4.02. The van der Waals surface area contributed by atoms with Crippen molar-refractivity contribution in [2.45, 2.75) is 20.8 Å².